The van der Waals surface area contributed by atoms with Gasteiger partial charge >= 0.3 is 12.2 Å². The van der Waals surface area contributed by atoms with E-state index >= 15 is 0 Å². The molecule has 2 aliphatic heterocycles. The average molecular weight is 814 g/mol. The number of benzene rings is 2. The summed E-state index contributed by atoms with van der Waals surface area (Å²) in [6, 6.07) is 12.7. The van der Waals surface area contributed by atoms with Gasteiger partial charge in [0, 0.05) is 24.2 Å². The first-order valence-corrected chi connectivity index (χ1v) is 21.2. The monoisotopic (exact) mass is 813 g/mol. The minimum absolute atomic E-state index is 0.0693. The highest BCUT2D eigenvalue weighted by atomic mass is 16.5. The number of hydrogen-bond acceptors (Lipinski definition) is 9. The predicted molar refractivity (Wildman–Crippen MR) is 224 cm³/mol. The molecule has 2 saturated heterocycles. The highest BCUT2D eigenvalue weighted by molar-refractivity contribution is 5.92. The first-order valence-electron chi connectivity index (χ1n) is 21.2. The van der Waals surface area contributed by atoms with Gasteiger partial charge in [-0.1, -0.05) is 43.2 Å². The Morgan fingerprint density at radius 2 is 1.42 bits per heavy atom. The standard InChI is InChI=1S/C45H51N9O6/c1-59-44(57)51-38(26-9-3-4-10-26)42(55)53-19-7-13-36(53)40-47-24-34(49-40)31-18-16-28-21-30(17-15-29(28)22-31)32-23-33-35(25-46-32)50-41(48-33)37-14-8-20-54(37)43(56)39(52-45(58)60-2)27-11-5-6-12-27/h11,15-18,21-26,36-39H,3-10,12-14,19-20H2,1-2H3,(H,47,49)(H,48,50)(H,51,57)(H,52,58)/t36-,37-,38-,39-/m0/s1. The van der Waals surface area contributed by atoms with Crippen molar-refractivity contribution in [3.05, 3.63) is 78.2 Å². The Bertz CT molecular complexity index is 2470. The summed E-state index contributed by atoms with van der Waals surface area (Å²) in [4.78, 5) is 77.5. The fraction of sp³-hybridized carbons (Fsp3) is 0.444. The summed E-state index contributed by atoms with van der Waals surface area (Å²) >= 11 is 0. The van der Waals surface area contributed by atoms with Crippen molar-refractivity contribution in [2.75, 3.05) is 27.3 Å². The van der Waals surface area contributed by atoms with Crippen LogP contribution in [0, 0.1) is 5.92 Å². The molecule has 2 aliphatic carbocycles. The second kappa shape index (κ2) is 16.8. The van der Waals surface area contributed by atoms with E-state index in [9.17, 15) is 19.2 Å². The Morgan fingerprint density at radius 1 is 0.733 bits per heavy atom. The van der Waals surface area contributed by atoms with Crippen molar-refractivity contribution in [2.45, 2.75) is 94.8 Å². The summed E-state index contributed by atoms with van der Waals surface area (Å²) in [6.45, 7) is 1.19. The van der Waals surface area contributed by atoms with Crippen molar-refractivity contribution < 1.29 is 28.7 Å². The van der Waals surface area contributed by atoms with Gasteiger partial charge in [0.25, 0.3) is 0 Å². The maximum atomic E-state index is 13.9. The number of fused-ring (bicyclic) bond motifs is 2. The molecule has 5 heterocycles. The van der Waals surface area contributed by atoms with Crippen LogP contribution >= 0.6 is 0 Å². The number of amides is 4. The van der Waals surface area contributed by atoms with Crippen molar-refractivity contribution in [3.63, 3.8) is 0 Å². The van der Waals surface area contributed by atoms with E-state index in [0.29, 0.717) is 18.9 Å². The van der Waals surface area contributed by atoms with Crippen molar-refractivity contribution in [1.29, 1.82) is 0 Å². The number of hydrogen-bond donors (Lipinski definition) is 4. The number of imidazole rings is 2. The van der Waals surface area contributed by atoms with Crippen LogP contribution in [-0.2, 0) is 19.1 Å². The first-order chi connectivity index (χ1) is 29.3. The quantitative estimate of drug-likeness (QED) is 0.105. The molecule has 312 valence electrons. The van der Waals surface area contributed by atoms with Crippen LogP contribution in [0.2, 0.25) is 0 Å². The normalized spacial score (nSPS) is 20.4. The molecular formula is C45H51N9O6. The SMILES string of the molecule is COC(=O)N[C@H](C(=O)N1CCC[C@H]1c1nc2cc(-c3ccc4cc(-c5cnc([C@@H]6CCCN6C(=O)[C@@H](NC(=O)OC)C6CCCC6)[nH]5)ccc4c3)ncc2[nH]1)C1=CCCC1. The Hall–Kier alpha value is -6.25. The van der Waals surface area contributed by atoms with E-state index in [2.05, 4.69) is 63.1 Å². The molecule has 2 aromatic carbocycles. The van der Waals surface area contributed by atoms with E-state index in [-0.39, 0.29) is 29.8 Å². The Kier molecular flexibility index (Phi) is 11.0. The molecule has 0 spiro atoms. The lowest BCUT2D eigenvalue weighted by molar-refractivity contribution is -0.136. The van der Waals surface area contributed by atoms with Crippen molar-refractivity contribution in [1.82, 2.24) is 45.4 Å². The number of alkyl carbamates (subject to hydrolysis) is 2. The highest BCUT2D eigenvalue weighted by Crippen LogP contribution is 2.37. The zero-order valence-electron chi connectivity index (χ0n) is 34.0. The number of rotatable bonds is 10. The predicted octanol–water partition coefficient (Wildman–Crippen LogP) is 7.24. The number of methoxy groups -OCH3 is 2. The van der Waals surface area contributed by atoms with Crippen LogP contribution in [0.25, 0.3) is 44.3 Å². The number of allylic oxidation sites excluding steroid dienone is 1. The molecule has 3 fully saturated rings. The van der Waals surface area contributed by atoms with E-state index < -0.39 is 24.3 Å². The number of carbonyl (C=O) groups excluding carboxylic acids is 4. The van der Waals surface area contributed by atoms with Gasteiger partial charge in [0.15, 0.2) is 0 Å². The van der Waals surface area contributed by atoms with E-state index in [1.54, 1.807) is 6.20 Å². The lowest BCUT2D eigenvalue weighted by atomic mass is 9.96. The number of pyridine rings is 1. The fourth-order valence-corrected chi connectivity index (χ4v) is 9.75. The summed E-state index contributed by atoms with van der Waals surface area (Å²) in [5.41, 5.74) is 6.07. The second-order valence-corrected chi connectivity index (χ2v) is 16.4. The summed E-state index contributed by atoms with van der Waals surface area (Å²) < 4.78 is 9.73. The topological polar surface area (TPSA) is 188 Å². The second-order valence-electron chi connectivity index (χ2n) is 16.4. The smallest absolute Gasteiger partial charge is 0.407 e. The van der Waals surface area contributed by atoms with Crippen LogP contribution in [0.3, 0.4) is 0 Å². The average Bonchev–Trinajstić information content (AvgIpc) is 4.12. The summed E-state index contributed by atoms with van der Waals surface area (Å²) in [5.74, 6) is 1.33. The number of ether oxygens (including phenoxy) is 2. The minimum Gasteiger partial charge on any atom is -0.453 e. The first kappa shape index (κ1) is 39.2. The Balaban J connectivity index is 0.906. The number of H-pyrrole nitrogens is 2. The fourth-order valence-electron chi connectivity index (χ4n) is 9.75. The third-order valence-electron chi connectivity index (χ3n) is 12.9. The molecule has 9 rings (SSSR count). The van der Waals surface area contributed by atoms with E-state index in [4.69, 9.17) is 24.4 Å². The largest absolute Gasteiger partial charge is 0.453 e. The van der Waals surface area contributed by atoms with Gasteiger partial charge in [0.1, 0.15) is 23.7 Å². The van der Waals surface area contributed by atoms with Crippen LogP contribution < -0.4 is 10.6 Å². The third-order valence-corrected chi connectivity index (χ3v) is 12.9. The van der Waals surface area contributed by atoms with E-state index in [1.165, 1.54) is 14.2 Å². The maximum Gasteiger partial charge on any atom is 0.407 e. The van der Waals surface area contributed by atoms with Crippen molar-refractivity contribution in [3.8, 4) is 22.5 Å². The maximum absolute atomic E-state index is 13.9. The molecule has 4 amide bonds. The molecule has 5 aromatic rings. The van der Waals surface area contributed by atoms with Crippen LogP contribution in [0.4, 0.5) is 9.59 Å². The van der Waals surface area contributed by atoms with Crippen LogP contribution in [0.5, 0.6) is 0 Å². The zero-order valence-corrected chi connectivity index (χ0v) is 34.0. The molecule has 4 atom stereocenters. The number of likely N-dealkylation sites (tertiary alicyclic amines) is 2. The number of aromatic nitrogens is 5. The number of nitrogens with zero attached hydrogens (tertiary/aromatic N) is 5. The van der Waals surface area contributed by atoms with E-state index in [0.717, 1.165) is 126 Å². The number of aromatic amines is 2. The van der Waals surface area contributed by atoms with Gasteiger partial charge in [-0.25, -0.2) is 19.6 Å². The zero-order chi connectivity index (χ0) is 41.3. The summed E-state index contributed by atoms with van der Waals surface area (Å²) in [6.07, 6.45) is 14.3. The summed E-state index contributed by atoms with van der Waals surface area (Å²) in [7, 11) is 2.63. The highest BCUT2D eigenvalue weighted by Gasteiger charge is 2.41. The molecule has 60 heavy (non-hydrogen) atoms. The molecule has 15 heteroatoms. The van der Waals surface area contributed by atoms with Gasteiger partial charge in [-0.3, -0.25) is 14.6 Å². The molecular weight excluding hydrogens is 763 g/mol. The van der Waals surface area contributed by atoms with Gasteiger partial charge in [-0.15, -0.1) is 0 Å². The van der Waals surface area contributed by atoms with Crippen LogP contribution in [-0.4, -0.2) is 98.1 Å². The van der Waals surface area contributed by atoms with Gasteiger partial charge < -0.3 is 39.9 Å². The molecule has 0 radical (unpaired) electrons. The number of nitrogens with one attached hydrogen (secondary N) is 4. The van der Waals surface area contributed by atoms with Crippen molar-refractivity contribution in [2.24, 2.45) is 5.92 Å². The van der Waals surface area contributed by atoms with Gasteiger partial charge in [-0.05, 0) is 98.2 Å². The molecule has 4 aliphatic rings. The van der Waals surface area contributed by atoms with Gasteiger partial charge in [0.05, 0.1) is 61.1 Å². The lowest BCUT2D eigenvalue weighted by Crippen LogP contribution is -2.51. The molecule has 0 bridgehead atoms. The molecule has 0 unspecified atom stereocenters. The Labute approximate surface area is 347 Å². The van der Waals surface area contributed by atoms with Crippen molar-refractivity contribution >= 4 is 45.8 Å². The summed E-state index contributed by atoms with van der Waals surface area (Å²) in [5, 5.41) is 7.73. The molecule has 15 nitrogen and oxygen atoms in total. The lowest BCUT2D eigenvalue weighted by Gasteiger charge is -2.31. The van der Waals surface area contributed by atoms with Gasteiger partial charge in [0.2, 0.25) is 11.8 Å². The minimum atomic E-state index is -0.752. The van der Waals surface area contributed by atoms with E-state index in [1.807, 2.05) is 22.1 Å². The Morgan fingerprint density at radius 3 is 2.13 bits per heavy atom. The molecule has 4 N–H and O–H groups in total. The van der Waals surface area contributed by atoms with Crippen LogP contribution in [0.1, 0.15) is 94.4 Å². The molecule has 1 saturated carbocycles. The molecule has 3 aromatic heterocycles. The third kappa shape index (κ3) is 7.68. The van der Waals surface area contributed by atoms with Crippen LogP contribution in [0.15, 0.2) is 66.5 Å². The number of carbonyl (C=O) groups is 4. The van der Waals surface area contributed by atoms with Gasteiger partial charge in [-0.2, -0.15) is 0 Å².